The second-order valence-electron chi connectivity index (χ2n) is 7.72. The summed E-state index contributed by atoms with van der Waals surface area (Å²) in [5, 5.41) is 9.00. The predicted octanol–water partition coefficient (Wildman–Crippen LogP) is 3.82. The fourth-order valence-corrected chi connectivity index (χ4v) is 3.72. The van der Waals surface area contributed by atoms with Crippen molar-refractivity contribution in [3.63, 3.8) is 0 Å². The lowest BCUT2D eigenvalue weighted by atomic mass is 9.92. The van der Waals surface area contributed by atoms with Gasteiger partial charge in [-0.05, 0) is 63.7 Å². The molecule has 0 aromatic heterocycles. The molecule has 0 atom stereocenters. The van der Waals surface area contributed by atoms with Crippen LogP contribution in [0.25, 0.3) is 0 Å². The normalized spacial score (nSPS) is 19.1. The molecule has 1 aliphatic carbocycles. The number of hydrogen-bond donors (Lipinski definition) is 1. The number of benzene rings is 1. The molecule has 170 valence electrons. The second kappa shape index (κ2) is 12.8. The Bertz CT molecular complexity index is 654. The summed E-state index contributed by atoms with van der Waals surface area (Å²) in [5.41, 5.74) is 0. The van der Waals surface area contributed by atoms with Crippen LogP contribution in [0.1, 0.15) is 45.4 Å². The maximum atomic E-state index is 13.3. The van der Waals surface area contributed by atoms with Gasteiger partial charge in [0.05, 0.1) is 12.7 Å². The molecule has 0 saturated heterocycles. The van der Waals surface area contributed by atoms with Crippen molar-refractivity contribution in [3.8, 4) is 5.75 Å². The molecule has 6 nitrogen and oxygen atoms in total. The molecule has 0 bridgehead atoms. The van der Waals surface area contributed by atoms with Crippen LogP contribution in [0.2, 0.25) is 0 Å². The van der Waals surface area contributed by atoms with E-state index in [1.807, 2.05) is 0 Å². The molecule has 1 amide bonds. The third-order valence-electron chi connectivity index (χ3n) is 5.66. The van der Waals surface area contributed by atoms with Crippen molar-refractivity contribution in [1.29, 1.82) is 0 Å². The third-order valence-corrected chi connectivity index (χ3v) is 5.66. The second-order valence-corrected chi connectivity index (χ2v) is 7.72. The van der Waals surface area contributed by atoms with E-state index >= 15 is 0 Å². The molecule has 1 aliphatic rings. The third kappa shape index (κ3) is 7.81. The van der Waals surface area contributed by atoms with E-state index in [1.165, 1.54) is 11.0 Å². The fourth-order valence-electron chi connectivity index (χ4n) is 3.72. The average Bonchev–Trinajstić information content (AvgIpc) is 2.75. The van der Waals surface area contributed by atoms with Gasteiger partial charge < -0.3 is 24.4 Å². The number of ether oxygens (including phenoxy) is 2. The van der Waals surface area contributed by atoms with Gasteiger partial charge in [0.2, 0.25) is 0 Å². The molecule has 0 heterocycles. The monoisotopic (exact) mass is 428 g/mol. The van der Waals surface area contributed by atoms with Gasteiger partial charge in [-0.1, -0.05) is 6.92 Å². The molecule has 1 aromatic rings. The minimum atomic E-state index is -1.04. The Balaban J connectivity index is 1.64. The Labute approximate surface area is 177 Å². The van der Waals surface area contributed by atoms with Crippen molar-refractivity contribution in [2.45, 2.75) is 57.6 Å². The smallest absolute Gasteiger partial charge is 0.410 e. The maximum Gasteiger partial charge on any atom is 0.415 e. The molecule has 0 spiro atoms. The quantitative estimate of drug-likeness (QED) is 0.543. The van der Waals surface area contributed by atoms with Crippen molar-refractivity contribution < 1.29 is 28.2 Å². The summed E-state index contributed by atoms with van der Waals surface area (Å²) in [6.45, 7) is 5.63. The first-order chi connectivity index (χ1) is 14.4. The molecule has 8 heteroatoms. The molecule has 2 rings (SSSR count). The van der Waals surface area contributed by atoms with Gasteiger partial charge in [0.15, 0.2) is 11.6 Å². The number of aliphatic hydroxyl groups excluding tert-OH is 1. The summed E-state index contributed by atoms with van der Waals surface area (Å²) >= 11 is 0. The summed E-state index contributed by atoms with van der Waals surface area (Å²) in [7, 11) is 1.67. The van der Waals surface area contributed by atoms with Gasteiger partial charge in [-0.15, -0.1) is 0 Å². The van der Waals surface area contributed by atoms with Crippen molar-refractivity contribution in [1.82, 2.24) is 9.80 Å². The summed E-state index contributed by atoms with van der Waals surface area (Å²) in [6.07, 6.45) is 5.04. The lowest BCUT2D eigenvalue weighted by Crippen LogP contribution is -2.42. The van der Waals surface area contributed by atoms with Gasteiger partial charge in [-0.25, -0.2) is 13.6 Å². The average molecular weight is 429 g/mol. The molecule has 0 aliphatic heterocycles. The summed E-state index contributed by atoms with van der Waals surface area (Å²) in [4.78, 5) is 16.0. The number of halogens is 2. The molecule has 1 fully saturated rings. The number of amides is 1. The Hall–Kier alpha value is -1.77. The lowest BCUT2D eigenvalue weighted by Gasteiger charge is -2.34. The Morgan fingerprint density at radius 3 is 2.50 bits per heavy atom. The van der Waals surface area contributed by atoms with Crippen LogP contribution in [-0.4, -0.2) is 73.0 Å². The van der Waals surface area contributed by atoms with E-state index in [1.54, 1.807) is 7.05 Å². The van der Waals surface area contributed by atoms with Crippen LogP contribution in [0.5, 0.6) is 5.75 Å². The zero-order valence-corrected chi connectivity index (χ0v) is 18.0. The molecule has 1 saturated carbocycles. The van der Waals surface area contributed by atoms with Crippen molar-refractivity contribution in [3.05, 3.63) is 29.8 Å². The molecular weight excluding hydrogens is 394 g/mol. The minimum absolute atomic E-state index is 0.0107. The number of hydrogen-bond acceptors (Lipinski definition) is 5. The van der Waals surface area contributed by atoms with Crippen molar-refractivity contribution in [2.75, 3.05) is 39.9 Å². The van der Waals surface area contributed by atoms with Crippen LogP contribution in [0.3, 0.4) is 0 Å². The van der Waals surface area contributed by atoms with E-state index in [-0.39, 0.29) is 24.5 Å². The van der Waals surface area contributed by atoms with Gasteiger partial charge in [0.25, 0.3) is 0 Å². The van der Waals surface area contributed by atoms with E-state index in [0.717, 1.165) is 70.4 Å². The van der Waals surface area contributed by atoms with Gasteiger partial charge in [-0.3, -0.25) is 0 Å². The van der Waals surface area contributed by atoms with E-state index in [4.69, 9.17) is 14.6 Å². The molecule has 1 N–H and O–H groups in total. The van der Waals surface area contributed by atoms with Crippen molar-refractivity contribution >= 4 is 6.09 Å². The summed E-state index contributed by atoms with van der Waals surface area (Å²) in [5.74, 6) is -2.03. The highest BCUT2D eigenvalue weighted by Crippen LogP contribution is 2.26. The van der Waals surface area contributed by atoms with E-state index < -0.39 is 17.7 Å². The highest BCUT2D eigenvalue weighted by atomic mass is 19.2. The van der Waals surface area contributed by atoms with E-state index in [9.17, 15) is 13.6 Å². The van der Waals surface area contributed by atoms with Gasteiger partial charge in [0.1, 0.15) is 5.75 Å². The number of nitrogens with zero attached hydrogens (tertiary/aromatic N) is 2. The highest BCUT2D eigenvalue weighted by molar-refractivity contribution is 5.70. The Morgan fingerprint density at radius 2 is 1.87 bits per heavy atom. The topological polar surface area (TPSA) is 62.2 Å². The zero-order valence-electron chi connectivity index (χ0n) is 18.0. The van der Waals surface area contributed by atoms with Crippen LogP contribution in [0, 0.1) is 11.6 Å². The summed E-state index contributed by atoms with van der Waals surface area (Å²) < 4.78 is 37.4. The first-order valence-corrected chi connectivity index (χ1v) is 10.8. The number of aliphatic hydroxyl groups is 1. The van der Waals surface area contributed by atoms with Crippen LogP contribution >= 0.6 is 0 Å². The predicted molar refractivity (Wildman–Crippen MR) is 111 cm³/mol. The SMILES string of the molecule is CCN(CCO)CCCCO[C@H]1CC[C@H](N(C)C(=O)Oc2ccc(F)c(F)c2)CC1. The number of carbonyl (C=O) groups is 1. The Kier molecular flexibility index (Phi) is 10.5. The summed E-state index contributed by atoms with van der Waals surface area (Å²) in [6, 6.07) is 3.08. The van der Waals surface area contributed by atoms with E-state index in [2.05, 4.69) is 11.8 Å². The number of unbranched alkanes of at least 4 members (excludes halogenated alkanes) is 1. The largest absolute Gasteiger partial charge is 0.415 e. The number of carbonyl (C=O) groups excluding carboxylic acids is 1. The molecular formula is C22H34F2N2O4. The highest BCUT2D eigenvalue weighted by Gasteiger charge is 2.28. The fraction of sp³-hybridized carbons (Fsp3) is 0.682. The maximum absolute atomic E-state index is 13.3. The number of rotatable bonds is 11. The van der Waals surface area contributed by atoms with Gasteiger partial charge in [0, 0.05) is 32.3 Å². The minimum Gasteiger partial charge on any atom is -0.410 e. The molecule has 30 heavy (non-hydrogen) atoms. The van der Waals surface area contributed by atoms with Gasteiger partial charge in [-0.2, -0.15) is 0 Å². The first-order valence-electron chi connectivity index (χ1n) is 10.8. The van der Waals surface area contributed by atoms with Crippen molar-refractivity contribution in [2.24, 2.45) is 0 Å². The van der Waals surface area contributed by atoms with Crippen LogP contribution < -0.4 is 4.74 Å². The standard InChI is InChI=1S/C22H34F2N2O4/c1-3-26(13-14-27)12-4-5-15-29-18-8-6-17(7-9-18)25(2)22(28)30-19-10-11-20(23)21(24)16-19/h10-11,16-18,27H,3-9,12-15H2,1-2H3/t17-,18-. The molecule has 0 radical (unpaired) electrons. The molecule has 1 aromatic carbocycles. The van der Waals surface area contributed by atoms with Crippen LogP contribution in [0.15, 0.2) is 18.2 Å². The molecule has 0 unspecified atom stereocenters. The van der Waals surface area contributed by atoms with Gasteiger partial charge >= 0.3 is 6.09 Å². The first kappa shape index (κ1) is 24.5. The lowest BCUT2D eigenvalue weighted by molar-refractivity contribution is 0.00986. The van der Waals surface area contributed by atoms with Crippen LogP contribution in [0.4, 0.5) is 13.6 Å². The Morgan fingerprint density at radius 1 is 1.13 bits per heavy atom. The van der Waals surface area contributed by atoms with E-state index in [0.29, 0.717) is 6.54 Å². The number of likely N-dealkylation sites (N-methyl/N-ethyl adjacent to an activating group) is 1. The van der Waals surface area contributed by atoms with Crippen LogP contribution in [-0.2, 0) is 4.74 Å². The zero-order chi connectivity index (χ0) is 21.9.